The fourth-order valence-corrected chi connectivity index (χ4v) is 2.13. The molecule has 0 atom stereocenters. The summed E-state index contributed by atoms with van der Waals surface area (Å²) in [6.45, 7) is 3.41. The van der Waals surface area contributed by atoms with E-state index in [4.69, 9.17) is 0 Å². The first-order valence-corrected chi connectivity index (χ1v) is 6.13. The first kappa shape index (κ1) is 15.7. The lowest BCUT2D eigenvalue weighted by Crippen LogP contribution is -2.50. The second kappa shape index (κ2) is 7.31. The van der Waals surface area contributed by atoms with Gasteiger partial charge in [-0.15, -0.1) is 12.4 Å². The number of carbonyl (C=O) groups excluding carboxylic acids is 1. The molecule has 1 aromatic carbocycles. The lowest BCUT2D eigenvalue weighted by Gasteiger charge is -2.36. The summed E-state index contributed by atoms with van der Waals surface area (Å²) in [5, 5.41) is 2.87. The van der Waals surface area contributed by atoms with Gasteiger partial charge >= 0.3 is 0 Å². The highest BCUT2D eigenvalue weighted by Crippen LogP contribution is 2.16. The summed E-state index contributed by atoms with van der Waals surface area (Å²) >= 11 is 0. The maximum atomic E-state index is 12.8. The van der Waals surface area contributed by atoms with E-state index < -0.39 is 0 Å². The third kappa shape index (κ3) is 4.08. The molecule has 1 aliphatic heterocycles. The average molecular weight is 288 g/mol. The maximum Gasteiger partial charge on any atom is 0.236 e. The third-order valence-corrected chi connectivity index (χ3v) is 3.15. The van der Waals surface area contributed by atoms with Crippen molar-refractivity contribution < 1.29 is 9.18 Å². The van der Waals surface area contributed by atoms with Gasteiger partial charge in [0, 0.05) is 31.9 Å². The van der Waals surface area contributed by atoms with E-state index in [1.165, 1.54) is 12.1 Å². The summed E-state index contributed by atoms with van der Waals surface area (Å²) in [6.07, 6.45) is 0. The van der Waals surface area contributed by atoms with Crippen LogP contribution in [0.4, 0.5) is 10.1 Å². The van der Waals surface area contributed by atoms with Crippen molar-refractivity contribution in [1.82, 2.24) is 10.2 Å². The number of hydrogen-bond acceptors (Lipinski definition) is 3. The molecule has 19 heavy (non-hydrogen) atoms. The number of piperazine rings is 1. The topological polar surface area (TPSA) is 35.6 Å². The Balaban J connectivity index is 0.00000180. The summed E-state index contributed by atoms with van der Waals surface area (Å²) in [6, 6.07) is 6.49. The van der Waals surface area contributed by atoms with Crippen molar-refractivity contribution in [1.29, 1.82) is 0 Å². The number of rotatable bonds is 3. The van der Waals surface area contributed by atoms with Crippen molar-refractivity contribution >= 4 is 24.0 Å². The van der Waals surface area contributed by atoms with Gasteiger partial charge in [-0.3, -0.25) is 4.79 Å². The summed E-state index contributed by atoms with van der Waals surface area (Å²) < 4.78 is 12.8. The number of halogens is 2. The molecule has 0 aliphatic carbocycles. The van der Waals surface area contributed by atoms with E-state index >= 15 is 0 Å². The van der Waals surface area contributed by atoms with Crippen LogP contribution in [0.25, 0.3) is 0 Å². The van der Waals surface area contributed by atoms with E-state index in [9.17, 15) is 9.18 Å². The third-order valence-electron chi connectivity index (χ3n) is 3.15. The second-order valence-corrected chi connectivity index (χ2v) is 4.37. The average Bonchev–Trinajstić information content (AvgIpc) is 2.40. The molecule has 0 spiro atoms. The minimum Gasteiger partial charge on any atom is -0.368 e. The largest absolute Gasteiger partial charge is 0.368 e. The minimum atomic E-state index is -0.221. The Bertz CT molecular complexity index is 405. The Morgan fingerprint density at radius 3 is 2.32 bits per heavy atom. The maximum absolute atomic E-state index is 12.8. The van der Waals surface area contributed by atoms with Crippen LogP contribution in [0.1, 0.15) is 0 Å². The first-order chi connectivity index (χ1) is 8.70. The zero-order chi connectivity index (χ0) is 13.0. The van der Waals surface area contributed by atoms with Gasteiger partial charge in [-0.25, -0.2) is 4.39 Å². The van der Waals surface area contributed by atoms with Crippen LogP contribution in [0, 0.1) is 5.82 Å². The zero-order valence-electron chi connectivity index (χ0n) is 10.9. The van der Waals surface area contributed by atoms with Crippen LogP contribution in [-0.4, -0.2) is 50.6 Å². The normalized spacial score (nSPS) is 15.1. The van der Waals surface area contributed by atoms with Crippen molar-refractivity contribution in [3.63, 3.8) is 0 Å². The molecule has 0 unspecified atom stereocenters. The Morgan fingerprint density at radius 2 is 1.79 bits per heavy atom. The highest BCUT2D eigenvalue weighted by Gasteiger charge is 2.20. The van der Waals surface area contributed by atoms with E-state index in [1.807, 2.05) is 4.90 Å². The lowest BCUT2D eigenvalue weighted by molar-refractivity contribution is -0.130. The summed E-state index contributed by atoms with van der Waals surface area (Å²) in [7, 11) is 1.77. The lowest BCUT2D eigenvalue weighted by atomic mass is 10.2. The molecule has 0 saturated carbocycles. The molecule has 2 rings (SSSR count). The Labute approximate surface area is 119 Å². The molecule has 1 aliphatic rings. The van der Waals surface area contributed by atoms with E-state index in [-0.39, 0.29) is 24.1 Å². The monoisotopic (exact) mass is 287 g/mol. The van der Waals surface area contributed by atoms with Crippen LogP contribution in [0.3, 0.4) is 0 Å². The molecule has 1 saturated heterocycles. The molecule has 0 bridgehead atoms. The van der Waals surface area contributed by atoms with Gasteiger partial charge in [0.1, 0.15) is 5.82 Å². The number of amides is 1. The van der Waals surface area contributed by atoms with Gasteiger partial charge in [-0.2, -0.15) is 0 Å². The Kier molecular flexibility index (Phi) is 6.05. The van der Waals surface area contributed by atoms with Crippen molar-refractivity contribution in [2.24, 2.45) is 0 Å². The SMILES string of the molecule is CNCC(=O)N1CCN(c2ccc(F)cc2)CC1.Cl. The van der Waals surface area contributed by atoms with Gasteiger partial charge in [-0.05, 0) is 31.3 Å². The number of hydrogen-bond donors (Lipinski definition) is 1. The van der Waals surface area contributed by atoms with Crippen LogP contribution in [0.2, 0.25) is 0 Å². The second-order valence-electron chi connectivity index (χ2n) is 4.37. The first-order valence-electron chi connectivity index (χ1n) is 6.13. The standard InChI is InChI=1S/C13H18FN3O.ClH/c1-15-10-13(18)17-8-6-16(7-9-17)12-4-2-11(14)3-5-12;/h2-5,15H,6-10H2,1H3;1H. The van der Waals surface area contributed by atoms with Crippen molar-refractivity contribution in [3.8, 4) is 0 Å². The molecule has 1 fully saturated rings. The van der Waals surface area contributed by atoms with Gasteiger partial charge in [0.25, 0.3) is 0 Å². The Morgan fingerprint density at radius 1 is 1.21 bits per heavy atom. The highest BCUT2D eigenvalue weighted by atomic mass is 35.5. The quantitative estimate of drug-likeness (QED) is 0.905. The molecule has 0 aromatic heterocycles. The molecule has 1 heterocycles. The van der Waals surface area contributed by atoms with Gasteiger partial charge in [0.05, 0.1) is 6.54 Å². The summed E-state index contributed by atoms with van der Waals surface area (Å²) in [5.41, 5.74) is 1.01. The molecular weight excluding hydrogens is 269 g/mol. The number of anilines is 1. The summed E-state index contributed by atoms with van der Waals surface area (Å²) in [5.74, 6) is -0.0853. The fraction of sp³-hybridized carbons (Fsp3) is 0.462. The molecule has 106 valence electrons. The fourth-order valence-electron chi connectivity index (χ4n) is 2.13. The molecule has 6 heteroatoms. The van der Waals surface area contributed by atoms with Crippen LogP contribution in [0.5, 0.6) is 0 Å². The molecule has 0 radical (unpaired) electrons. The molecular formula is C13H19ClFN3O. The van der Waals surface area contributed by atoms with E-state index in [2.05, 4.69) is 10.2 Å². The number of likely N-dealkylation sites (N-methyl/N-ethyl adjacent to an activating group) is 1. The van der Waals surface area contributed by atoms with Gasteiger partial charge in [0.2, 0.25) is 5.91 Å². The number of benzene rings is 1. The van der Waals surface area contributed by atoms with Crippen LogP contribution in [-0.2, 0) is 4.79 Å². The molecule has 1 N–H and O–H groups in total. The van der Waals surface area contributed by atoms with Crippen LogP contribution < -0.4 is 10.2 Å². The van der Waals surface area contributed by atoms with E-state index in [1.54, 1.807) is 19.2 Å². The van der Waals surface area contributed by atoms with Crippen LogP contribution in [0.15, 0.2) is 24.3 Å². The molecule has 1 aromatic rings. The zero-order valence-corrected chi connectivity index (χ0v) is 11.8. The van der Waals surface area contributed by atoms with E-state index in [0.29, 0.717) is 6.54 Å². The van der Waals surface area contributed by atoms with Crippen molar-refractivity contribution in [3.05, 3.63) is 30.1 Å². The van der Waals surface area contributed by atoms with Gasteiger partial charge < -0.3 is 15.1 Å². The molecule has 4 nitrogen and oxygen atoms in total. The molecule has 1 amide bonds. The van der Waals surface area contributed by atoms with Crippen LogP contribution >= 0.6 is 12.4 Å². The predicted octanol–water partition coefficient (Wildman–Crippen LogP) is 1.12. The van der Waals surface area contributed by atoms with Gasteiger partial charge in [-0.1, -0.05) is 0 Å². The van der Waals surface area contributed by atoms with Gasteiger partial charge in [0.15, 0.2) is 0 Å². The highest BCUT2D eigenvalue weighted by molar-refractivity contribution is 5.85. The minimum absolute atomic E-state index is 0. The number of nitrogens with zero attached hydrogens (tertiary/aromatic N) is 2. The number of nitrogens with one attached hydrogen (secondary N) is 1. The van der Waals surface area contributed by atoms with Crippen molar-refractivity contribution in [2.45, 2.75) is 0 Å². The smallest absolute Gasteiger partial charge is 0.236 e. The summed E-state index contributed by atoms with van der Waals surface area (Å²) in [4.78, 5) is 15.7. The van der Waals surface area contributed by atoms with Crippen molar-refractivity contribution in [2.75, 3.05) is 44.7 Å². The van der Waals surface area contributed by atoms with E-state index in [0.717, 1.165) is 31.9 Å². The number of carbonyl (C=O) groups is 1. The predicted molar refractivity (Wildman–Crippen MR) is 76.4 cm³/mol. The Hall–Kier alpha value is -1.33.